The number of hydrogen-bond donors (Lipinski definition) is 0. The highest BCUT2D eigenvalue weighted by Gasteiger charge is 2.13. The van der Waals surface area contributed by atoms with Gasteiger partial charge in [0.15, 0.2) is 0 Å². The molecule has 0 fully saturated rings. The first-order chi connectivity index (χ1) is 7.60. The van der Waals surface area contributed by atoms with Crippen LogP contribution in [0.4, 0.5) is 0 Å². The molecule has 0 bridgehead atoms. The molecule has 0 saturated carbocycles. The average Bonchev–Trinajstić information content (AvgIpc) is 2.50. The fraction of sp³-hybridized carbons (Fsp3) is 0.636. The summed E-state index contributed by atoms with van der Waals surface area (Å²) >= 11 is 3.55. The molecule has 0 aliphatic rings. The van der Waals surface area contributed by atoms with Gasteiger partial charge in [-0.1, -0.05) is 6.92 Å². The molecule has 1 aromatic heterocycles. The molecule has 4 nitrogen and oxygen atoms in total. The van der Waals surface area contributed by atoms with E-state index in [2.05, 4.69) is 38.9 Å². The molecule has 0 radical (unpaired) electrons. The third-order valence-electron chi connectivity index (χ3n) is 2.62. The zero-order valence-corrected chi connectivity index (χ0v) is 11.6. The van der Waals surface area contributed by atoms with E-state index in [1.54, 1.807) is 0 Å². The van der Waals surface area contributed by atoms with E-state index in [4.69, 9.17) is 5.26 Å². The van der Waals surface area contributed by atoms with Crippen molar-refractivity contribution in [3.05, 3.63) is 15.9 Å². The number of hydrogen-bond acceptors (Lipinski definition) is 3. The fourth-order valence-corrected chi connectivity index (χ4v) is 2.08. The van der Waals surface area contributed by atoms with E-state index in [-0.39, 0.29) is 0 Å². The summed E-state index contributed by atoms with van der Waals surface area (Å²) in [6.07, 6.45) is 0.572. The van der Waals surface area contributed by atoms with Crippen LogP contribution in [0.3, 0.4) is 0 Å². The summed E-state index contributed by atoms with van der Waals surface area (Å²) < 4.78 is 2.97. The van der Waals surface area contributed by atoms with Gasteiger partial charge in [-0.05, 0) is 29.4 Å². The van der Waals surface area contributed by atoms with E-state index in [1.165, 1.54) is 0 Å². The fourth-order valence-electron chi connectivity index (χ4n) is 1.62. The lowest BCUT2D eigenvalue weighted by atomic mass is 10.3. The van der Waals surface area contributed by atoms with Gasteiger partial charge in [0.2, 0.25) is 0 Å². The number of rotatable bonds is 5. The third kappa shape index (κ3) is 3.06. The summed E-state index contributed by atoms with van der Waals surface area (Å²) in [6, 6.07) is 2.18. The maximum atomic E-state index is 8.59. The minimum Gasteiger partial charge on any atom is -0.297 e. The lowest BCUT2D eigenvalue weighted by Gasteiger charge is -2.19. The monoisotopic (exact) mass is 284 g/mol. The van der Waals surface area contributed by atoms with Crippen molar-refractivity contribution in [3.63, 3.8) is 0 Å². The van der Waals surface area contributed by atoms with Gasteiger partial charge in [0.25, 0.3) is 0 Å². The van der Waals surface area contributed by atoms with Crippen molar-refractivity contribution in [2.45, 2.75) is 26.8 Å². The molecule has 0 atom stereocenters. The molecule has 0 aromatic carbocycles. The Bertz CT molecular complexity index is 391. The van der Waals surface area contributed by atoms with Crippen LogP contribution < -0.4 is 0 Å². The summed E-state index contributed by atoms with van der Waals surface area (Å²) in [5.41, 5.74) is 2.17. The van der Waals surface area contributed by atoms with E-state index < -0.39 is 0 Å². The minimum absolute atomic E-state index is 0.572. The van der Waals surface area contributed by atoms with E-state index in [0.29, 0.717) is 6.42 Å². The van der Waals surface area contributed by atoms with Crippen molar-refractivity contribution < 1.29 is 0 Å². The topological polar surface area (TPSA) is 44.9 Å². The molecule has 0 saturated heterocycles. The second kappa shape index (κ2) is 6.02. The normalized spacial score (nSPS) is 10.8. The zero-order valence-electron chi connectivity index (χ0n) is 10.00. The highest BCUT2D eigenvalue weighted by molar-refractivity contribution is 9.10. The Morgan fingerprint density at radius 1 is 1.56 bits per heavy atom. The number of nitrogens with zero attached hydrogens (tertiary/aromatic N) is 4. The Morgan fingerprint density at radius 2 is 2.25 bits per heavy atom. The van der Waals surface area contributed by atoms with Gasteiger partial charge in [-0.25, -0.2) is 0 Å². The third-order valence-corrected chi connectivity index (χ3v) is 3.65. The van der Waals surface area contributed by atoms with Gasteiger partial charge in [-0.15, -0.1) is 0 Å². The maximum absolute atomic E-state index is 8.59. The Labute approximate surface area is 105 Å². The molecule has 1 aromatic rings. The van der Waals surface area contributed by atoms with Crippen molar-refractivity contribution in [2.75, 3.05) is 13.1 Å². The first-order valence-corrected chi connectivity index (χ1v) is 6.16. The van der Waals surface area contributed by atoms with Crippen LogP contribution in [0.5, 0.6) is 0 Å². The summed E-state index contributed by atoms with van der Waals surface area (Å²) in [5, 5.41) is 12.9. The minimum atomic E-state index is 0.572. The Hall–Kier alpha value is -0.860. The van der Waals surface area contributed by atoms with Gasteiger partial charge in [-0.3, -0.25) is 9.58 Å². The van der Waals surface area contributed by atoms with Crippen molar-refractivity contribution in [1.82, 2.24) is 14.7 Å². The van der Waals surface area contributed by atoms with Crippen LogP contribution in [0.15, 0.2) is 4.47 Å². The van der Waals surface area contributed by atoms with Gasteiger partial charge in [-0.2, -0.15) is 10.4 Å². The molecule has 0 aliphatic carbocycles. The molecule has 16 heavy (non-hydrogen) atoms. The molecule has 1 rings (SSSR count). The van der Waals surface area contributed by atoms with Gasteiger partial charge in [0.05, 0.1) is 21.9 Å². The van der Waals surface area contributed by atoms with E-state index >= 15 is 0 Å². The summed E-state index contributed by atoms with van der Waals surface area (Å²) in [4.78, 5) is 2.24. The van der Waals surface area contributed by atoms with Crippen molar-refractivity contribution in [2.24, 2.45) is 7.05 Å². The summed E-state index contributed by atoms with van der Waals surface area (Å²) in [5.74, 6) is 0. The predicted octanol–water partition coefficient (Wildman–Crippen LogP) is 2.23. The van der Waals surface area contributed by atoms with Crippen LogP contribution in [0, 0.1) is 18.3 Å². The Kier molecular flexibility index (Phi) is 4.97. The first kappa shape index (κ1) is 13.2. The van der Waals surface area contributed by atoms with Crippen LogP contribution in [-0.2, 0) is 13.6 Å². The van der Waals surface area contributed by atoms with E-state index in [1.807, 2.05) is 18.7 Å². The molecule has 0 unspecified atom stereocenters. The van der Waals surface area contributed by atoms with Crippen molar-refractivity contribution in [1.29, 1.82) is 5.26 Å². The predicted molar refractivity (Wildman–Crippen MR) is 66.8 cm³/mol. The Morgan fingerprint density at radius 3 is 2.69 bits per heavy atom. The van der Waals surface area contributed by atoms with E-state index in [0.717, 1.165) is 35.5 Å². The molecule has 5 heteroatoms. The van der Waals surface area contributed by atoms with Crippen LogP contribution in [-0.4, -0.2) is 27.8 Å². The highest BCUT2D eigenvalue weighted by Crippen LogP contribution is 2.21. The lowest BCUT2D eigenvalue weighted by molar-refractivity contribution is 0.278. The van der Waals surface area contributed by atoms with Gasteiger partial charge in [0, 0.05) is 26.6 Å². The molecular weight excluding hydrogens is 268 g/mol. The van der Waals surface area contributed by atoms with Gasteiger partial charge >= 0.3 is 0 Å². The van der Waals surface area contributed by atoms with Crippen LogP contribution in [0.1, 0.15) is 24.7 Å². The molecule has 0 N–H and O–H groups in total. The quantitative estimate of drug-likeness (QED) is 0.833. The summed E-state index contributed by atoms with van der Waals surface area (Å²) in [6.45, 7) is 6.67. The number of aryl methyl sites for hydroxylation is 2. The highest BCUT2D eigenvalue weighted by atomic mass is 79.9. The maximum Gasteiger partial charge on any atom is 0.0739 e. The number of halogens is 1. The largest absolute Gasteiger partial charge is 0.297 e. The number of nitriles is 1. The molecule has 1 heterocycles. The Balaban J connectivity index is 2.74. The molecule has 0 aliphatic heterocycles. The first-order valence-electron chi connectivity index (χ1n) is 5.37. The van der Waals surface area contributed by atoms with Crippen molar-refractivity contribution >= 4 is 15.9 Å². The summed E-state index contributed by atoms with van der Waals surface area (Å²) in [7, 11) is 1.95. The van der Waals surface area contributed by atoms with Crippen LogP contribution in [0.2, 0.25) is 0 Å². The second-order valence-corrected chi connectivity index (χ2v) is 4.54. The standard InChI is InChI=1S/C11H17BrN4/c1-4-16(7-5-6-13)8-10-11(12)9(2)14-15(10)3/h4-5,7-8H2,1-3H3. The molecule has 0 spiro atoms. The zero-order chi connectivity index (χ0) is 12.1. The van der Waals surface area contributed by atoms with Gasteiger partial charge < -0.3 is 0 Å². The van der Waals surface area contributed by atoms with Gasteiger partial charge in [0.1, 0.15) is 0 Å². The average molecular weight is 285 g/mol. The lowest BCUT2D eigenvalue weighted by Crippen LogP contribution is -2.25. The smallest absolute Gasteiger partial charge is 0.0739 e. The molecule has 0 amide bonds. The van der Waals surface area contributed by atoms with E-state index in [9.17, 15) is 0 Å². The molecule has 88 valence electrons. The van der Waals surface area contributed by atoms with Crippen molar-refractivity contribution in [3.8, 4) is 6.07 Å². The number of aromatic nitrogens is 2. The van der Waals surface area contributed by atoms with Crippen LogP contribution >= 0.6 is 15.9 Å². The molecular formula is C11H17BrN4. The van der Waals surface area contributed by atoms with Crippen LogP contribution in [0.25, 0.3) is 0 Å². The second-order valence-electron chi connectivity index (χ2n) is 3.75. The SMILES string of the molecule is CCN(CCC#N)Cc1c(Br)c(C)nn1C.